The summed E-state index contributed by atoms with van der Waals surface area (Å²) in [5.41, 5.74) is 2.67. The molecule has 0 bridgehead atoms. The Bertz CT molecular complexity index is 1120. The minimum Gasteiger partial charge on any atom is -0.326 e. The maximum atomic E-state index is 12.3. The van der Waals surface area contributed by atoms with Crippen LogP contribution in [0, 0.1) is 5.92 Å². The number of amides is 3. The van der Waals surface area contributed by atoms with Crippen LogP contribution in [0.5, 0.6) is 0 Å². The molecular formula is C23H24ClN5O3S. The molecule has 33 heavy (non-hydrogen) atoms. The first-order valence-electron chi connectivity index (χ1n) is 10.3. The van der Waals surface area contributed by atoms with E-state index in [4.69, 9.17) is 11.6 Å². The van der Waals surface area contributed by atoms with Crippen LogP contribution in [0.15, 0.2) is 58.7 Å². The van der Waals surface area contributed by atoms with Crippen molar-refractivity contribution in [3.05, 3.63) is 59.1 Å². The number of hydrogen-bond donors (Lipinski definition) is 3. The van der Waals surface area contributed by atoms with E-state index in [0.717, 1.165) is 17.3 Å². The lowest BCUT2D eigenvalue weighted by Crippen LogP contribution is -2.28. The molecule has 3 amide bonds. The highest BCUT2D eigenvalue weighted by atomic mass is 35.5. The quantitative estimate of drug-likeness (QED) is 0.401. The minimum absolute atomic E-state index is 0.00155. The Balaban J connectivity index is 1.60. The lowest BCUT2D eigenvalue weighted by molar-refractivity contribution is -0.122. The Morgan fingerprint density at radius 3 is 2.55 bits per heavy atom. The van der Waals surface area contributed by atoms with Crippen molar-refractivity contribution in [1.82, 2.24) is 5.32 Å². The summed E-state index contributed by atoms with van der Waals surface area (Å²) in [5.74, 6) is -0.778. The van der Waals surface area contributed by atoms with Crippen LogP contribution in [0.4, 0.5) is 11.4 Å². The lowest BCUT2D eigenvalue weighted by atomic mass is 10.1. The van der Waals surface area contributed by atoms with E-state index in [1.807, 2.05) is 32.0 Å². The molecule has 3 rings (SSSR count). The van der Waals surface area contributed by atoms with Gasteiger partial charge in [-0.3, -0.25) is 14.4 Å². The van der Waals surface area contributed by atoms with Crippen molar-refractivity contribution in [1.29, 1.82) is 0 Å². The molecule has 0 spiro atoms. The van der Waals surface area contributed by atoms with E-state index >= 15 is 0 Å². The standard InChI is InChI=1S/C23H24ClN5O3S/c1-13(2)21(31)26-18-6-4-5-15(11-18)14(3)28-29-23-27-22(32)19(33-23)12-20(30)25-17-9-7-16(24)8-10-17/h4-11,13,19H,12H2,1-3H3,(H,25,30)(H,26,31)(H,27,29,32)/b28-14-/t19-/m0/s1. The number of rotatable bonds is 7. The van der Waals surface area contributed by atoms with Gasteiger partial charge < -0.3 is 16.0 Å². The van der Waals surface area contributed by atoms with Crippen LogP contribution in [-0.2, 0) is 14.4 Å². The van der Waals surface area contributed by atoms with Gasteiger partial charge in [0.15, 0.2) is 5.17 Å². The summed E-state index contributed by atoms with van der Waals surface area (Å²) in [6.45, 7) is 5.43. The first-order chi connectivity index (χ1) is 15.7. The zero-order valence-corrected chi connectivity index (χ0v) is 20.0. The topological polar surface area (TPSA) is 112 Å². The van der Waals surface area contributed by atoms with Gasteiger partial charge in [0, 0.05) is 28.7 Å². The van der Waals surface area contributed by atoms with Gasteiger partial charge in [-0.2, -0.15) is 5.10 Å². The van der Waals surface area contributed by atoms with Gasteiger partial charge in [-0.15, -0.1) is 5.10 Å². The Morgan fingerprint density at radius 1 is 1.12 bits per heavy atom. The summed E-state index contributed by atoms with van der Waals surface area (Å²) in [6.07, 6.45) is -0.00155. The molecule has 10 heteroatoms. The second-order valence-corrected chi connectivity index (χ2v) is 9.30. The van der Waals surface area contributed by atoms with Crippen molar-refractivity contribution < 1.29 is 14.4 Å². The van der Waals surface area contributed by atoms with Crippen LogP contribution in [0.3, 0.4) is 0 Å². The van der Waals surface area contributed by atoms with E-state index in [1.165, 1.54) is 0 Å². The van der Waals surface area contributed by atoms with Crippen molar-refractivity contribution in [2.24, 2.45) is 16.1 Å². The van der Waals surface area contributed by atoms with Crippen molar-refractivity contribution in [3.63, 3.8) is 0 Å². The van der Waals surface area contributed by atoms with Crippen LogP contribution in [0.1, 0.15) is 32.8 Å². The number of carbonyl (C=O) groups excluding carboxylic acids is 3. The van der Waals surface area contributed by atoms with E-state index in [-0.39, 0.29) is 30.1 Å². The number of nitrogens with zero attached hydrogens (tertiary/aromatic N) is 2. The third-order valence-electron chi connectivity index (χ3n) is 4.64. The number of amidine groups is 1. The number of nitrogens with one attached hydrogen (secondary N) is 3. The fourth-order valence-electron chi connectivity index (χ4n) is 2.79. The second kappa shape index (κ2) is 11.1. The number of thioether (sulfide) groups is 1. The normalized spacial score (nSPS) is 17.2. The summed E-state index contributed by atoms with van der Waals surface area (Å²) in [7, 11) is 0. The van der Waals surface area contributed by atoms with Crippen LogP contribution in [-0.4, -0.2) is 33.9 Å². The molecule has 1 saturated heterocycles. The number of anilines is 2. The summed E-state index contributed by atoms with van der Waals surface area (Å²) in [6, 6.07) is 14.0. The Morgan fingerprint density at radius 2 is 1.85 bits per heavy atom. The number of benzene rings is 2. The molecule has 0 unspecified atom stereocenters. The molecule has 1 aliphatic heterocycles. The van der Waals surface area contributed by atoms with E-state index in [2.05, 4.69) is 26.2 Å². The van der Waals surface area contributed by atoms with Crippen molar-refractivity contribution >= 4 is 63.3 Å². The van der Waals surface area contributed by atoms with Crippen molar-refractivity contribution in [2.75, 3.05) is 10.6 Å². The Hall–Kier alpha value is -3.17. The fourth-order valence-corrected chi connectivity index (χ4v) is 3.83. The molecule has 1 atom stereocenters. The highest BCUT2D eigenvalue weighted by Gasteiger charge is 2.32. The van der Waals surface area contributed by atoms with Gasteiger partial charge >= 0.3 is 0 Å². The fraction of sp³-hybridized carbons (Fsp3) is 0.261. The smallest absolute Gasteiger partial charge is 0.240 e. The van der Waals surface area contributed by atoms with Crippen molar-refractivity contribution in [3.8, 4) is 0 Å². The number of hydrogen-bond acceptors (Lipinski definition) is 6. The molecule has 0 radical (unpaired) electrons. The molecule has 0 aromatic heterocycles. The predicted molar refractivity (Wildman–Crippen MR) is 134 cm³/mol. The Kier molecular flexibility index (Phi) is 8.24. The molecule has 1 fully saturated rings. The van der Waals surface area contributed by atoms with Crippen LogP contribution < -0.4 is 16.0 Å². The van der Waals surface area contributed by atoms with E-state index < -0.39 is 5.25 Å². The third-order valence-corrected chi connectivity index (χ3v) is 5.96. The van der Waals surface area contributed by atoms with Crippen LogP contribution in [0.25, 0.3) is 0 Å². The second-order valence-electron chi connectivity index (χ2n) is 7.67. The SMILES string of the molecule is C/C(=N/N=C1\NC(=O)[C@H](CC(=O)Nc2ccc(Cl)cc2)S1)c1cccc(NC(=O)C(C)C)c1. The molecular weight excluding hydrogens is 462 g/mol. The average molecular weight is 486 g/mol. The van der Waals surface area contributed by atoms with E-state index in [0.29, 0.717) is 27.3 Å². The third kappa shape index (κ3) is 7.16. The van der Waals surface area contributed by atoms with Gasteiger partial charge in [-0.05, 0) is 48.9 Å². The number of carbonyl (C=O) groups is 3. The zero-order chi connectivity index (χ0) is 24.0. The minimum atomic E-state index is -0.596. The average Bonchev–Trinajstić information content (AvgIpc) is 3.12. The summed E-state index contributed by atoms with van der Waals surface area (Å²) in [5, 5.41) is 16.9. The molecule has 1 heterocycles. The summed E-state index contributed by atoms with van der Waals surface area (Å²) >= 11 is 7.00. The maximum absolute atomic E-state index is 12.3. The summed E-state index contributed by atoms with van der Waals surface area (Å²) < 4.78 is 0. The van der Waals surface area contributed by atoms with Gasteiger partial charge in [0.05, 0.1) is 5.71 Å². The molecule has 8 nitrogen and oxygen atoms in total. The molecule has 1 aliphatic rings. The first-order valence-corrected chi connectivity index (χ1v) is 11.5. The highest BCUT2D eigenvalue weighted by molar-refractivity contribution is 8.15. The number of halogens is 1. The largest absolute Gasteiger partial charge is 0.326 e. The van der Waals surface area contributed by atoms with Gasteiger partial charge in [0.25, 0.3) is 0 Å². The zero-order valence-electron chi connectivity index (χ0n) is 18.4. The van der Waals surface area contributed by atoms with Crippen molar-refractivity contribution in [2.45, 2.75) is 32.4 Å². The van der Waals surface area contributed by atoms with Crippen LogP contribution >= 0.6 is 23.4 Å². The predicted octanol–water partition coefficient (Wildman–Crippen LogP) is 4.27. The maximum Gasteiger partial charge on any atom is 0.240 e. The van der Waals surface area contributed by atoms with Crippen LogP contribution in [0.2, 0.25) is 5.02 Å². The molecule has 0 saturated carbocycles. The molecule has 3 N–H and O–H groups in total. The molecule has 0 aliphatic carbocycles. The molecule has 172 valence electrons. The monoisotopic (exact) mass is 485 g/mol. The van der Waals surface area contributed by atoms with Gasteiger partial charge in [0.1, 0.15) is 5.25 Å². The Labute approximate surface area is 201 Å². The summed E-state index contributed by atoms with van der Waals surface area (Å²) in [4.78, 5) is 36.4. The highest BCUT2D eigenvalue weighted by Crippen LogP contribution is 2.23. The molecule has 2 aromatic carbocycles. The first kappa shape index (κ1) is 24.5. The van der Waals surface area contributed by atoms with Gasteiger partial charge in [0.2, 0.25) is 17.7 Å². The van der Waals surface area contributed by atoms with Gasteiger partial charge in [-0.25, -0.2) is 0 Å². The molecule has 2 aromatic rings. The van der Waals surface area contributed by atoms with Gasteiger partial charge in [-0.1, -0.05) is 49.3 Å². The lowest BCUT2D eigenvalue weighted by Gasteiger charge is -2.09. The van der Waals surface area contributed by atoms with E-state index in [9.17, 15) is 14.4 Å². The van der Waals surface area contributed by atoms with E-state index in [1.54, 1.807) is 37.3 Å².